The zero-order valence-electron chi connectivity index (χ0n) is 16.8. The van der Waals surface area contributed by atoms with Gasteiger partial charge in [-0.3, -0.25) is 9.36 Å². The highest BCUT2D eigenvalue weighted by molar-refractivity contribution is 7.98. The predicted octanol–water partition coefficient (Wildman–Crippen LogP) is 2.10. The molecule has 0 atom stereocenters. The first-order valence-corrected chi connectivity index (χ1v) is 11.1. The minimum absolute atomic E-state index is 0.284. The third-order valence-corrected chi connectivity index (χ3v) is 5.65. The quantitative estimate of drug-likeness (QED) is 0.413. The van der Waals surface area contributed by atoms with E-state index in [4.69, 9.17) is 9.47 Å². The van der Waals surface area contributed by atoms with Crippen LogP contribution in [0.25, 0.3) is 34.0 Å². The Bertz CT molecular complexity index is 1540. The maximum absolute atomic E-state index is 13.1. The van der Waals surface area contributed by atoms with E-state index in [1.807, 2.05) is 24.5 Å². The first-order chi connectivity index (χ1) is 15.7. The molecule has 1 aliphatic rings. The van der Waals surface area contributed by atoms with Crippen LogP contribution in [0.1, 0.15) is 6.42 Å². The van der Waals surface area contributed by atoms with Crippen LogP contribution in [-0.4, -0.2) is 58.8 Å². The monoisotopic (exact) mass is 448 g/mol. The molecule has 4 aromatic heterocycles. The summed E-state index contributed by atoms with van der Waals surface area (Å²) in [7, 11) is 0. The summed E-state index contributed by atoms with van der Waals surface area (Å²) in [5.41, 5.74) is 1.08. The Hall–Kier alpha value is -3.93. The molecular weight excluding hydrogens is 432 g/mol. The van der Waals surface area contributed by atoms with Crippen LogP contribution in [0.15, 0.2) is 46.6 Å². The van der Waals surface area contributed by atoms with Crippen molar-refractivity contribution in [3.63, 3.8) is 0 Å². The topological polar surface area (TPSA) is 125 Å². The van der Waals surface area contributed by atoms with Gasteiger partial charge in [0.2, 0.25) is 11.1 Å². The fourth-order valence-corrected chi connectivity index (χ4v) is 3.86. The minimum atomic E-state index is -0.284. The van der Waals surface area contributed by atoms with E-state index in [-0.39, 0.29) is 5.56 Å². The number of benzene rings is 1. The highest BCUT2D eigenvalue weighted by Crippen LogP contribution is 2.33. The summed E-state index contributed by atoms with van der Waals surface area (Å²) in [6.07, 6.45) is 5.82. The zero-order valence-corrected chi connectivity index (χ0v) is 17.7. The molecule has 11 nitrogen and oxygen atoms in total. The molecule has 1 N–H and O–H groups in total. The molecule has 12 heteroatoms. The summed E-state index contributed by atoms with van der Waals surface area (Å²) in [4.78, 5) is 26.3. The van der Waals surface area contributed by atoms with Gasteiger partial charge in [-0.2, -0.15) is 14.5 Å². The molecule has 0 spiro atoms. The van der Waals surface area contributed by atoms with Crippen LogP contribution in [0.2, 0.25) is 0 Å². The number of nitrogens with zero attached hydrogens (tertiary/aromatic N) is 7. The number of pyridine rings is 1. The number of ether oxygens (including phenoxy) is 2. The SMILES string of the molecule is CSc1n[nH]c(-n2ccc3c(cnc4nc(-c5ccc6c(c5)OCCCO6)nn43)c2=O)n1. The van der Waals surface area contributed by atoms with E-state index in [9.17, 15) is 4.79 Å². The molecule has 0 aliphatic carbocycles. The van der Waals surface area contributed by atoms with Gasteiger partial charge in [-0.1, -0.05) is 11.8 Å². The molecular formula is C20H16N8O3S. The first kappa shape index (κ1) is 18.8. The molecule has 1 aliphatic heterocycles. The fourth-order valence-electron chi connectivity index (χ4n) is 3.55. The van der Waals surface area contributed by atoms with Crippen molar-refractivity contribution in [3.8, 4) is 28.8 Å². The number of hydrogen-bond donors (Lipinski definition) is 1. The van der Waals surface area contributed by atoms with Crippen molar-refractivity contribution >= 4 is 28.4 Å². The summed E-state index contributed by atoms with van der Waals surface area (Å²) < 4.78 is 14.4. The number of aromatic nitrogens is 8. The van der Waals surface area contributed by atoms with Crippen LogP contribution >= 0.6 is 11.8 Å². The lowest BCUT2D eigenvalue weighted by Crippen LogP contribution is -2.20. The first-order valence-electron chi connectivity index (χ1n) is 9.85. The zero-order chi connectivity index (χ0) is 21.7. The number of H-pyrrole nitrogens is 1. The predicted molar refractivity (Wildman–Crippen MR) is 117 cm³/mol. The second kappa shape index (κ2) is 7.34. The second-order valence-corrected chi connectivity index (χ2v) is 7.83. The largest absolute Gasteiger partial charge is 0.490 e. The van der Waals surface area contributed by atoms with Gasteiger partial charge in [-0.05, 0) is 30.5 Å². The summed E-state index contributed by atoms with van der Waals surface area (Å²) in [6, 6.07) is 7.37. The Morgan fingerprint density at radius 3 is 2.84 bits per heavy atom. The van der Waals surface area contributed by atoms with Crippen LogP contribution < -0.4 is 15.0 Å². The Morgan fingerprint density at radius 1 is 1.12 bits per heavy atom. The molecule has 0 fully saturated rings. The molecule has 0 radical (unpaired) electrons. The molecule has 5 aromatic rings. The van der Waals surface area contributed by atoms with Crippen LogP contribution in [0.3, 0.4) is 0 Å². The van der Waals surface area contributed by atoms with Gasteiger partial charge < -0.3 is 9.47 Å². The number of nitrogens with one attached hydrogen (secondary N) is 1. The van der Waals surface area contributed by atoms with E-state index >= 15 is 0 Å². The molecule has 0 saturated heterocycles. The van der Waals surface area contributed by atoms with Crippen molar-refractivity contribution in [2.24, 2.45) is 0 Å². The number of aromatic amines is 1. The lowest BCUT2D eigenvalue weighted by molar-refractivity contribution is 0.297. The average Bonchev–Trinajstić information content (AvgIpc) is 3.40. The molecule has 0 saturated carbocycles. The molecule has 1 aromatic carbocycles. The lowest BCUT2D eigenvalue weighted by Gasteiger charge is -2.07. The smallest absolute Gasteiger partial charge is 0.268 e. The van der Waals surface area contributed by atoms with Crippen molar-refractivity contribution in [3.05, 3.63) is 47.0 Å². The summed E-state index contributed by atoms with van der Waals surface area (Å²) in [6.45, 7) is 1.22. The molecule has 0 bridgehead atoms. The number of fused-ring (bicyclic) bond motifs is 4. The fraction of sp³-hybridized carbons (Fsp3) is 0.200. The minimum Gasteiger partial charge on any atom is -0.490 e. The molecule has 5 heterocycles. The van der Waals surface area contributed by atoms with Gasteiger partial charge in [-0.15, -0.1) is 10.2 Å². The van der Waals surface area contributed by atoms with Crippen LogP contribution in [0.5, 0.6) is 11.5 Å². The molecule has 0 unspecified atom stereocenters. The number of rotatable bonds is 3. The molecule has 32 heavy (non-hydrogen) atoms. The van der Waals surface area contributed by atoms with Crippen molar-refractivity contribution in [2.45, 2.75) is 11.6 Å². The Morgan fingerprint density at radius 2 is 2.00 bits per heavy atom. The van der Waals surface area contributed by atoms with Gasteiger partial charge in [0.05, 0.1) is 24.1 Å². The van der Waals surface area contributed by atoms with E-state index in [0.29, 0.717) is 58.3 Å². The van der Waals surface area contributed by atoms with E-state index in [1.54, 1.807) is 16.8 Å². The molecule has 160 valence electrons. The highest BCUT2D eigenvalue weighted by atomic mass is 32.2. The third kappa shape index (κ3) is 2.99. The highest BCUT2D eigenvalue weighted by Gasteiger charge is 2.17. The summed E-state index contributed by atoms with van der Waals surface area (Å²) >= 11 is 1.39. The van der Waals surface area contributed by atoms with Gasteiger partial charge in [0.15, 0.2) is 17.3 Å². The van der Waals surface area contributed by atoms with E-state index < -0.39 is 0 Å². The maximum Gasteiger partial charge on any atom is 0.268 e. The lowest BCUT2D eigenvalue weighted by atomic mass is 10.2. The van der Waals surface area contributed by atoms with Gasteiger partial charge in [-0.25, -0.2) is 10.1 Å². The van der Waals surface area contributed by atoms with Gasteiger partial charge in [0, 0.05) is 24.4 Å². The van der Waals surface area contributed by atoms with Crippen LogP contribution in [-0.2, 0) is 0 Å². The molecule has 6 rings (SSSR count). The maximum atomic E-state index is 13.1. The van der Waals surface area contributed by atoms with Crippen molar-refractivity contribution in [1.29, 1.82) is 0 Å². The Balaban J connectivity index is 1.46. The standard InChI is InChI=1S/C20H16N8O3S/c1-32-20-23-19(24-25-20)27-6-5-13-12(17(27)29)10-21-18-22-16(26-28(13)18)11-3-4-14-15(9-11)31-8-2-7-30-14/h3-6,9-10H,2,7-8H2,1H3,(H,23,24,25). The third-order valence-electron chi connectivity index (χ3n) is 5.10. The number of hydrogen-bond acceptors (Lipinski definition) is 9. The van der Waals surface area contributed by atoms with Crippen LogP contribution in [0.4, 0.5) is 0 Å². The summed E-state index contributed by atoms with van der Waals surface area (Å²) in [5, 5.41) is 12.4. The Labute approximate surface area is 184 Å². The van der Waals surface area contributed by atoms with Gasteiger partial charge >= 0.3 is 0 Å². The number of thioether (sulfide) groups is 1. The van der Waals surface area contributed by atoms with Gasteiger partial charge in [0.1, 0.15) is 0 Å². The normalized spacial score (nSPS) is 13.5. The van der Waals surface area contributed by atoms with E-state index in [1.165, 1.54) is 22.5 Å². The van der Waals surface area contributed by atoms with Gasteiger partial charge in [0.25, 0.3) is 11.3 Å². The van der Waals surface area contributed by atoms with E-state index in [2.05, 4.69) is 30.2 Å². The Kier molecular flexibility index (Phi) is 4.31. The second-order valence-electron chi connectivity index (χ2n) is 7.05. The molecule has 0 amide bonds. The van der Waals surface area contributed by atoms with Crippen molar-refractivity contribution in [1.82, 2.24) is 39.3 Å². The summed E-state index contributed by atoms with van der Waals surface area (Å²) in [5.74, 6) is 2.58. The van der Waals surface area contributed by atoms with Crippen molar-refractivity contribution < 1.29 is 9.47 Å². The average molecular weight is 448 g/mol. The van der Waals surface area contributed by atoms with Crippen LogP contribution in [0, 0.1) is 0 Å². The van der Waals surface area contributed by atoms with Crippen molar-refractivity contribution in [2.75, 3.05) is 19.5 Å². The van der Waals surface area contributed by atoms with E-state index in [0.717, 1.165) is 12.0 Å².